The monoisotopic (exact) mass is 212 g/mol. The molecule has 15 heavy (non-hydrogen) atoms. The fourth-order valence-electron chi connectivity index (χ4n) is 2.36. The molecule has 2 N–H and O–H groups in total. The maximum Gasteiger partial charge on any atom is 0.239 e. The van der Waals surface area contributed by atoms with Gasteiger partial charge in [-0.1, -0.05) is 20.8 Å². The summed E-state index contributed by atoms with van der Waals surface area (Å²) in [7, 11) is 0. The standard InChI is InChI=1S/C12H24N2O/c1-4-10(13)11(15)14-8-7-12(5-2,6-3)9-14/h10H,4-9,13H2,1-3H3/t10-/m0/s1. The van der Waals surface area contributed by atoms with E-state index >= 15 is 0 Å². The zero-order chi connectivity index (χ0) is 11.5. The van der Waals surface area contributed by atoms with E-state index in [1.807, 2.05) is 11.8 Å². The smallest absolute Gasteiger partial charge is 0.239 e. The van der Waals surface area contributed by atoms with Crippen molar-refractivity contribution < 1.29 is 4.79 Å². The minimum atomic E-state index is -0.297. The molecule has 1 aliphatic heterocycles. The van der Waals surface area contributed by atoms with Crippen molar-refractivity contribution in [2.75, 3.05) is 13.1 Å². The minimum Gasteiger partial charge on any atom is -0.341 e. The van der Waals surface area contributed by atoms with Crippen LogP contribution in [0.25, 0.3) is 0 Å². The van der Waals surface area contributed by atoms with E-state index in [1.165, 1.54) is 0 Å². The molecule has 1 amide bonds. The highest BCUT2D eigenvalue weighted by Crippen LogP contribution is 2.37. The van der Waals surface area contributed by atoms with E-state index in [4.69, 9.17) is 5.73 Å². The second kappa shape index (κ2) is 4.97. The van der Waals surface area contributed by atoms with Gasteiger partial charge in [0, 0.05) is 13.1 Å². The van der Waals surface area contributed by atoms with Gasteiger partial charge in [-0.25, -0.2) is 0 Å². The van der Waals surface area contributed by atoms with Gasteiger partial charge in [0.15, 0.2) is 0 Å². The average molecular weight is 212 g/mol. The SMILES string of the molecule is CC[C@H](N)C(=O)N1CCC(CC)(CC)C1. The van der Waals surface area contributed by atoms with Gasteiger partial charge in [0.05, 0.1) is 6.04 Å². The van der Waals surface area contributed by atoms with Crippen molar-refractivity contribution in [2.24, 2.45) is 11.1 Å². The highest BCUT2D eigenvalue weighted by molar-refractivity contribution is 5.81. The van der Waals surface area contributed by atoms with Gasteiger partial charge in [-0.15, -0.1) is 0 Å². The summed E-state index contributed by atoms with van der Waals surface area (Å²) in [5.41, 5.74) is 6.14. The van der Waals surface area contributed by atoms with E-state index in [9.17, 15) is 4.79 Å². The largest absolute Gasteiger partial charge is 0.341 e. The number of hydrogen-bond donors (Lipinski definition) is 1. The Hall–Kier alpha value is -0.570. The van der Waals surface area contributed by atoms with Crippen LogP contribution >= 0.6 is 0 Å². The average Bonchev–Trinajstić information content (AvgIpc) is 2.72. The Morgan fingerprint density at radius 1 is 1.40 bits per heavy atom. The second-order valence-electron chi connectivity index (χ2n) is 4.73. The number of hydrogen-bond acceptors (Lipinski definition) is 2. The number of rotatable bonds is 4. The lowest BCUT2D eigenvalue weighted by atomic mass is 9.82. The molecule has 1 rings (SSSR count). The molecule has 0 aromatic rings. The molecule has 0 radical (unpaired) electrons. The number of carbonyl (C=O) groups excluding carboxylic acids is 1. The highest BCUT2D eigenvalue weighted by atomic mass is 16.2. The first kappa shape index (κ1) is 12.5. The fourth-order valence-corrected chi connectivity index (χ4v) is 2.36. The van der Waals surface area contributed by atoms with Gasteiger partial charge < -0.3 is 10.6 Å². The summed E-state index contributed by atoms with van der Waals surface area (Å²) < 4.78 is 0. The van der Waals surface area contributed by atoms with Gasteiger partial charge >= 0.3 is 0 Å². The highest BCUT2D eigenvalue weighted by Gasteiger charge is 2.37. The quantitative estimate of drug-likeness (QED) is 0.772. The van der Waals surface area contributed by atoms with E-state index in [2.05, 4.69) is 13.8 Å². The molecule has 1 atom stereocenters. The fraction of sp³-hybridized carbons (Fsp3) is 0.917. The molecular formula is C12H24N2O. The van der Waals surface area contributed by atoms with E-state index in [0.29, 0.717) is 5.41 Å². The first-order valence-electron chi connectivity index (χ1n) is 6.13. The summed E-state index contributed by atoms with van der Waals surface area (Å²) in [4.78, 5) is 13.9. The molecule has 1 aliphatic rings. The van der Waals surface area contributed by atoms with Crippen molar-refractivity contribution in [1.82, 2.24) is 4.90 Å². The molecule has 3 heteroatoms. The van der Waals surface area contributed by atoms with E-state index < -0.39 is 0 Å². The van der Waals surface area contributed by atoms with Crippen molar-refractivity contribution in [2.45, 2.75) is 52.5 Å². The Labute approximate surface area is 93.0 Å². The zero-order valence-corrected chi connectivity index (χ0v) is 10.3. The third-order valence-electron chi connectivity index (χ3n) is 4.01. The maximum atomic E-state index is 11.9. The minimum absolute atomic E-state index is 0.140. The van der Waals surface area contributed by atoms with Crippen LogP contribution < -0.4 is 5.73 Å². The third kappa shape index (κ3) is 2.51. The van der Waals surface area contributed by atoms with Crippen LogP contribution in [-0.2, 0) is 4.79 Å². The lowest BCUT2D eigenvalue weighted by Gasteiger charge is -2.27. The van der Waals surface area contributed by atoms with Crippen molar-refractivity contribution in [3.05, 3.63) is 0 Å². The lowest BCUT2D eigenvalue weighted by Crippen LogP contribution is -2.43. The van der Waals surface area contributed by atoms with Crippen LogP contribution in [0.5, 0.6) is 0 Å². The van der Waals surface area contributed by atoms with E-state index in [1.54, 1.807) is 0 Å². The summed E-state index contributed by atoms with van der Waals surface area (Å²) in [5, 5.41) is 0. The molecule has 0 aliphatic carbocycles. The summed E-state index contributed by atoms with van der Waals surface area (Å²) in [6.07, 6.45) is 4.20. The Kier molecular flexibility index (Phi) is 4.14. The van der Waals surface area contributed by atoms with Gasteiger partial charge in [0.2, 0.25) is 5.91 Å². The molecule has 0 bridgehead atoms. The predicted octanol–water partition coefficient (Wildman–Crippen LogP) is 1.76. The Balaban J connectivity index is 2.59. The first-order valence-corrected chi connectivity index (χ1v) is 6.13. The van der Waals surface area contributed by atoms with Crippen molar-refractivity contribution in [3.63, 3.8) is 0 Å². The first-order chi connectivity index (χ1) is 7.08. The van der Waals surface area contributed by atoms with Crippen LogP contribution in [0.2, 0.25) is 0 Å². The third-order valence-corrected chi connectivity index (χ3v) is 4.01. The molecule has 0 aromatic carbocycles. The summed E-state index contributed by atoms with van der Waals surface area (Å²) >= 11 is 0. The van der Waals surface area contributed by atoms with Crippen LogP contribution in [-0.4, -0.2) is 29.9 Å². The molecule has 0 saturated carbocycles. The van der Waals surface area contributed by atoms with Gasteiger partial charge in [0.1, 0.15) is 0 Å². The lowest BCUT2D eigenvalue weighted by molar-refractivity contribution is -0.132. The Bertz CT molecular complexity index is 224. The molecule has 0 unspecified atom stereocenters. The van der Waals surface area contributed by atoms with Crippen molar-refractivity contribution in [3.8, 4) is 0 Å². The second-order valence-corrected chi connectivity index (χ2v) is 4.73. The summed E-state index contributed by atoms with van der Waals surface area (Å²) in [6, 6.07) is -0.297. The molecule has 0 aromatic heterocycles. The number of likely N-dealkylation sites (tertiary alicyclic amines) is 1. The number of carbonyl (C=O) groups is 1. The van der Waals surface area contributed by atoms with Crippen LogP contribution in [0.4, 0.5) is 0 Å². The molecule has 3 nitrogen and oxygen atoms in total. The van der Waals surface area contributed by atoms with Crippen LogP contribution in [0.1, 0.15) is 46.5 Å². The van der Waals surface area contributed by atoms with E-state index in [-0.39, 0.29) is 11.9 Å². The van der Waals surface area contributed by atoms with Crippen molar-refractivity contribution >= 4 is 5.91 Å². The van der Waals surface area contributed by atoms with Crippen LogP contribution in [0.3, 0.4) is 0 Å². The number of nitrogens with zero attached hydrogens (tertiary/aromatic N) is 1. The molecule has 1 saturated heterocycles. The van der Waals surface area contributed by atoms with Crippen LogP contribution in [0.15, 0.2) is 0 Å². The Morgan fingerprint density at radius 2 is 2.00 bits per heavy atom. The molecule has 0 spiro atoms. The van der Waals surface area contributed by atoms with Gasteiger partial charge in [0.25, 0.3) is 0 Å². The summed E-state index contributed by atoms with van der Waals surface area (Å²) in [5.74, 6) is 0.140. The van der Waals surface area contributed by atoms with E-state index in [0.717, 1.165) is 38.8 Å². The maximum absolute atomic E-state index is 11.9. The summed E-state index contributed by atoms with van der Waals surface area (Å²) in [6.45, 7) is 8.21. The van der Waals surface area contributed by atoms with Crippen LogP contribution in [0, 0.1) is 5.41 Å². The number of amides is 1. The molecular weight excluding hydrogens is 188 g/mol. The Morgan fingerprint density at radius 3 is 2.40 bits per heavy atom. The van der Waals surface area contributed by atoms with Gasteiger partial charge in [-0.05, 0) is 31.1 Å². The van der Waals surface area contributed by atoms with Crippen molar-refractivity contribution in [1.29, 1.82) is 0 Å². The zero-order valence-electron chi connectivity index (χ0n) is 10.3. The normalized spacial score (nSPS) is 21.7. The predicted molar refractivity (Wildman–Crippen MR) is 62.5 cm³/mol. The topological polar surface area (TPSA) is 46.3 Å². The molecule has 88 valence electrons. The number of nitrogens with two attached hydrogens (primary N) is 1. The van der Waals surface area contributed by atoms with Gasteiger partial charge in [-0.2, -0.15) is 0 Å². The van der Waals surface area contributed by atoms with Gasteiger partial charge in [-0.3, -0.25) is 4.79 Å². The molecule has 1 fully saturated rings. The molecule has 1 heterocycles.